The summed E-state index contributed by atoms with van der Waals surface area (Å²) in [5.74, 6) is 0.455. The first-order valence-electron chi connectivity index (χ1n) is 9.25. The van der Waals surface area contributed by atoms with Gasteiger partial charge >= 0.3 is 6.09 Å². The number of amides is 1. The molecule has 0 saturated heterocycles. The van der Waals surface area contributed by atoms with Crippen molar-refractivity contribution in [3.8, 4) is 0 Å². The fourth-order valence-corrected chi connectivity index (χ4v) is 3.96. The van der Waals surface area contributed by atoms with E-state index in [1.165, 1.54) is 30.9 Å². The maximum absolute atomic E-state index is 13.7. The molecule has 1 N–H and O–H groups in total. The van der Waals surface area contributed by atoms with Gasteiger partial charge in [-0.15, -0.1) is 0 Å². The minimum Gasteiger partial charge on any atom is -0.441 e. The van der Waals surface area contributed by atoms with Crippen LogP contribution >= 0.6 is 11.8 Å². The summed E-state index contributed by atoms with van der Waals surface area (Å²) in [6.07, 6.45) is 1.21. The standard InChI is InChI=1S/C21H23FN4O2S/c1-14(2)19-20(29-17-9-6-7-15(22)11-17)26(12-16-8-4-5-10-24-16)18(25-19)13-28-21(27)23-3/h4-11,14H,12-13H2,1-3H3,(H,23,27). The lowest BCUT2D eigenvalue weighted by molar-refractivity contribution is 0.137. The molecule has 0 fully saturated rings. The number of pyridine rings is 1. The molecular formula is C21H23FN4O2S. The highest BCUT2D eigenvalue weighted by Gasteiger charge is 2.22. The number of ether oxygens (including phenoxy) is 1. The summed E-state index contributed by atoms with van der Waals surface area (Å²) < 4.78 is 21.0. The summed E-state index contributed by atoms with van der Waals surface area (Å²) >= 11 is 1.44. The molecule has 6 nitrogen and oxygen atoms in total. The van der Waals surface area contributed by atoms with E-state index in [4.69, 9.17) is 9.72 Å². The van der Waals surface area contributed by atoms with Crippen LogP contribution in [0.1, 0.15) is 37.0 Å². The predicted molar refractivity (Wildman–Crippen MR) is 109 cm³/mol. The van der Waals surface area contributed by atoms with E-state index < -0.39 is 6.09 Å². The maximum Gasteiger partial charge on any atom is 0.407 e. The molecule has 1 amide bonds. The third-order valence-corrected chi connectivity index (χ3v) is 5.28. The molecule has 2 heterocycles. The number of aromatic nitrogens is 3. The van der Waals surface area contributed by atoms with Gasteiger partial charge < -0.3 is 14.6 Å². The van der Waals surface area contributed by atoms with E-state index in [-0.39, 0.29) is 18.3 Å². The van der Waals surface area contributed by atoms with Gasteiger partial charge in [0.25, 0.3) is 0 Å². The second kappa shape index (κ2) is 9.56. The Morgan fingerprint density at radius 2 is 2.10 bits per heavy atom. The molecule has 3 rings (SSSR count). The van der Waals surface area contributed by atoms with Gasteiger partial charge in [-0.3, -0.25) is 4.98 Å². The molecule has 0 spiro atoms. The van der Waals surface area contributed by atoms with Gasteiger partial charge in [-0.2, -0.15) is 0 Å². The zero-order valence-electron chi connectivity index (χ0n) is 16.6. The van der Waals surface area contributed by atoms with Crippen LogP contribution in [0.2, 0.25) is 0 Å². The Balaban J connectivity index is 2.04. The summed E-state index contributed by atoms with van der Waals surface area (Å²) in [6, 6.07) is 12.2. The number of nitrogens with zero attached hydrogens (tertiary/aromatic N) is 3. The van der Waals surface area contributed by atoms with Gasteiger partial charge in [0.2, 0.25) is 0 Å². The molecule has 0 aliphatic rings. The van der Waals surface area contributed by atoms with Crippen molar-refractivity contribution in [2.45, 2.75) is 42.8 Å². The van der Waals surface area contributed by atoms with Crippen molar-refractivity contribution in [3.05, 3.63) is 71.7 Å². The average Bonchev–Trinajstić information content (AvgIpc) is 3.04. The van der Waals surface area contributed by atoms with Crippen molar-refractivity contribution < 1.29 is 13.9 Å². The molecule has 0 aliphatic carbocycles. The summed E-state index contributed by atoms with van der Waals surface area (Å²) in [7, 11) is 1.51. The van der Waals surface area contributed by atoms with Gasteiger partial charge in [-0.25, -0.2) is 14.2 Å². The van der Waals surface area contributed by atoms with Crippen molar-refractivity contribution in [2.24, 2.45) is 0 Å². The van der Waals surface area contributed by atoms with Gasteiger partial charge in [0, 0.05) is 18.1 Å². The van der Waals surface area contributed by atoms with Crippen LogP contribution in [0.25, 0.3) is 0 Å². The third kappa shape index (κ3) is 5.35. The molecule has 2 aromatic heterocycles. The van der Waals surface area contributed by atoms with Crippen molar-refractivity contribution >= 4 is 17.9 Å². The smallest absolute Gasteiger partial charge is 0.407 e. The number of hydrogen-bond acceptors (Lipinski definition) is 5. The molecule has 8 heteroatoms. The SMILES string of the molecule is CNC(=O)OCc1nc(C(C)C)c(Sc2cccc(F)c2)n1Cc1ccccn1. The molecule has 1 aromatic carbocycles. The molecule has 0 unspecified atom stereocenters. The zero-order chi connectivity index (χ0) is 20.8. The Kier molecular flexibility index (Phi) is 6.87. The van der Waals surface area contributed by atoms with Gasteiger partial charge in [0.15, 0.2) is 6.61 Å². The van der Waals surface area contributed by atoms with Crippen LogP contribution in [0.5, 0.6) is 0 Å². The van der Waals surface area contributed by atoms with Gasteiger partial charge in [0.05, 0.1) is 17.9 Å². The Bertz CT molecular complexity index is 976. The first kappa shape index (κ1) is 20.9. The van der Waals surface area contributed by atoms with E-state index in [9.17, 15) is 9.18 Å². The lowest BCUT2D eigenvalue weighted by Crippen LogP contribution is -2.20. The first-order chi connectivity index (χ1) is 14.0. The monoisotopic (exact) mass is 414 g/mol. The van der Waals surface area contributed by atoms with Crippen LogP contribution in [0.4, 0.5) is 9.18 Å². The quantitative estimate of drug-likeness (QED) is 0.612. The van der Waals surface area contributed by atoms with Crippen LogP contribution in [-0.4, -0.2) is 27.7 Å². The summed E-state index contributed by atoms with van der Waals surface area (Å²) in [5, 5.41) is 3.32. The van der Waals surface area contributed by atoms with E-state index in [0.29, 0.717) is 12.4 Å². The van der Waals surface area contributed by atoms with Crippen molar-refractivity contribution in [1.82, 2.24) is 19.9 Å². The number of carbonyl (C=O) groups excluding carboxylic acids is 1. The Hall–Kier alpha value is -2.87. The number of hydrogen-bond donors (Lipinski definition) is 1. The fraction of sp³-hybridized carbons (Fsp3) is 0.286. The van der Waals surface area contributed by atoms with E-state index in [2.05, 4.69) is 10.3 Å². The number of rotatable bonds is 7. The molecular weight excluding hydrogens is 391 g/mol. The largest absolute Gasteiger partial charge is 0.441 e. The maximum atomic E-state index is 13.7. The van der Waals surface area contributed by atoms with Crippen LogP contribution in [0.15, 0.2) is 58.6 Å². The number of alkyl carbamates (subject to hydrolysis) is 1. The van der Waals surface area contributed by atoms with Crippen LogP contribution in [-0.2, 0) is 17.9 Å². The number of imidazole rings is 1. The van der Waals surface area contributed by atoms with Gasteiger partial charge in [-0.1, -0.05) is 37.7 Å². The molecule has 0 atom stereocenters. The minimum atomic E-state index is -0.525. The van der Waals surface area contributed by atoms with E-state index in [1.54, 1.807) is 12.3 Å². The lowest BCUT2D eigenvalue weighted by Gasteiger charge is -2.13. The van der Waals surface area contributed by atoms with E-state index >= 15 is 0 Å². The second-order valence-corrected chi connectivity index (χ2v) is 7.73. The Morgan fingerprint density at radius 3 is 2.76 bits per heavy atom. The zero-order valence-corrected chi connectivity index (χ0v) is 17.4. The minimum absolute atomic E-state index is 0.0237. The van der Waals surface area contributed by atoms with E-state index in [1.807, 2.05) is 42.7 Å². The summed E-state index contributed by atoms with van der Waals surface area (Å²) in [4.78, 5) is 21.5. The van der Waals surface area contributed by atoms with Crippen molar-refractivity contribution in [1.29, 1.82) is 0 Å². The molecule has 0 aliphatic heterocycles. The highest BCUT2D eigenvalue weighted by molar-refractivity contribution is 7.99. The van der Waals surface area contributed by atoms with Crippen molar-refractivity contribution in [2.75, 3.05) is 7.05 Å². The Morgan fingerprint density at radius 1 is 1.28 bits per heavy atom. The molecule has 152 valence electrons. The summed E-state index contributed by atoms with van der Waals surface area (Å²) in [6.45, 7) is 4.58. The highest BCUT2D eigenvalue weighted by Crippen LogP contribution is 2.35. The predicted octanol–water partition coefficient (Wildman–Crippen LogP) is 4.60. The fourth-order valence-electron chi connectivity index (χ4n) is 2.76. The van der Waals surface area contributed by atoms with Crippen LogP contribution in [0.3, 0.4) is 0 Å². The second-order valence-electron chi connectivity index (χ2n) is 6.67. The van der Waals surface area contributed by atoms with Crippen LogP contribution in [0, 0.1) is 5.82 Å². The molecule has 0 radical (unpaired) electrons. The lowest BCUT2D eigenvalue weighted by atomic mass is 10.1. The van der Waals surface area contributed by atoms with Crippen molar-refractivity contribution in [3.63, 3.8) is 0 Å². The molecule has 3 aromatic rings. The highest BCUT2D eigenvalue weighted by atomic mass is 32.2. The summed E-state index contributed by atoms with van der Waals surface area (Å²) in [5.41, 5.74) is 1.72. The molecule has 29 heavy (non-hydrogen) atoms. The third-order valence-electron chi connectivity index (χ3n) is 4.17. The molecule has 0 saturated carbocycles. The number of halogens is 1. The van der Waals surface area contributed by atoms with Crippen LogP contribution < -0.4 is 5.32 Å². The van der Waals surface area contributed by atoms with E-state index in [0.717, 1.165) is 21.3 Å². The first-order valence-corrected chi connectivity index (χ1v) is 10.1. The normalized spacial score (nSPS) is 10.9. The number of nitrogens with one attached hydrogen (secondary N) is 1. The average molecular weight is 415 g/mol. The molecule has 0 bridgehead atoms. The number of benzene rings is 1. The van der Waals surface area contributed by atoms with Gasteiger partial charge in [0.1, 0.15) is 16.7 Å². The van der Waals surface area contributed by atoms with Gasteiger partial charge in [-0.05, 0) is 36.2 Å². The Labute approximate surface area is 173 Å². The topological polar surface area (TPSA) is 69.0 Å². The number of carbonyl (C=O) groups is 1.